The van der Waals surface area contributed by atoms with Crippen LogP contribution in [0.5, 0.6) is 0 Å². The summed E-state index contributed by atoms with van der Waals surface area (Å²) in [5, 5.41) is 6.90. The molecule has 1 atom stereocenters. The SMILES string of the molecule is CCCCCCC(C)NC(=NC)NCCCCN1CCC(C(N)=O)CC1. The second kappa shape index (κ2) is 13.8. The Labute approximate surface area is 160 Å². The summed E-state index contributed by atoms with van der Waals surface area (Å²) in [5.41, 5.74) is 5.39. The number of carbonyl (C=O) groups is 1. The van der Waals surface area contributed by atoms with E-state index in [0.29, 0.717) is 6.04 Å². The Morgan fingerprint density at radius 2 is 1.92 bits per heavy atom. The van der Waals surface area contributed by atoms with Crippen molar-refractivity contribution in [1.82, 2.24) is 15.5 Å². The van der Waals surface area contributed by atoms with Crippen molar-refractivity contribution in [3.8, 4) is 0 Å². The zero-order valence-corrected chi connectivity index (χ0v) is 17.2. The summed E-state index contributed by atoms with van der Waals surface area (Å²) in [4.78, 5) is 18.0. The molecule has 0 aromatic carbocycles. The maximum atomic E-state index is 11.2. The highest BCUT2D eigenvalue weighted by Gasteiger charge is 2.22. The molecule has 1 unspecified atom stereocenters. The number of hydrogen-bond acceptors (Lipinski definition) is 3. The van der Waals surface area contributed by atoms with Crippen LogP contribution in [0.1, 0.15) is 71.6 Å². The standard InChI is InChI=1S/C20H41N5O/c1-4-5-6-7-10-17(2)24-20(22-3)23-13-8-9-14-25-15-11-18(12-16-25)19(21)26/h17-18H,4-16H2,1-3H3,(H2,21,26)(H2,22,23,24). The molecule has 4 N–H and O–H groups in total. The third-order valence-electron chi connectivity index (χ3n) is 5.28. The van der Waals surface area contributed by atoms with Crippen molar-refractivity contribution in [2.45, 2.75) is 77.7 Å². The van der Waals surface area contributed by atoms with Crippen LogP contribution in [0.25, 0.3) is 0 Å². The minimum Gasteiger partial charge on any atom is -0.369 e. The maximum Gasteiger partial charge on any atom is 0.220 e. The van der Waals surface area contributed by atoms with Gasteiger partial charge in [0.15, 0.2) is 5.96 Å². The monoisotopic (exact) mass is 367 g/mol. The summed E-state index contributed by atoms with van der Waals surface area (Å²) in [6, 6.07) is 0.463. The average molecular weight is 368 g/mol. The number of guanidine groups is 1. The molecule has 0 saturated carbocycles. The molecule has 26 heavy (non-hydrogen) atoms. The van der Waals surface area contributed by atoms with E-state index < -0.39 is 0 Å². The van der Waals surface area contributed by atoms with Crippen LogP contribution in [0.15, 0.2) is 4.99 Å². The quantitative estimate of drug-likeness (QED) is 0.281. The fourth-order valence-electron chi connectivity index (χ4n) is 3.49. The first-order chi connectivity index (χ1) is 12.6. The second-order valence-electron chi connectivity index (χ2n) is 7.62. The van der Waals surface area contributed by atoms with E-state index in [0.717, 1.165) is 57.8 Å². The van der Waals surface area contributed by atoms with Gasteiger partial charge in [-0.15, -0.1) is 0 Å². The predicted octanol–water partition coefficient (Wildman–Crippen LogP) is 2.49. The van der Waals surface area contributed by atoms with Gasteiger partial charge in [0.25, 0.3) is 0 Å². The van der Waals surface area contributed by atoms with Crippen LogP contribution in [0.4, 0.5) is 0 Å². The zero-order chi connectivity index (χ0) is 19.2. The van der Waals surface area contributed by atoms with Crippen molar-refractivity contribution in [3.63, 3.8) is 0 Å². The average Bonchev–Trinajstić information content (AvgIpc) is 2.64. The molecule has 1 saturated heterocycles. The van der Waals surface area contributed by atoms with E-state index in [4.69, 9.17) is 5.73 Å². The lowest BCUT2D eigenvalue weighted by Crippen LogP contribution is -2.42. The van der Waals surface area contributed by atoms with E-state index in [1.807, 2.05) is 7.05 Å². The Balaban J connectivity index is 2.06. The minimum absolute atomic E-state index is 0.0891. The number of likely N-dealkylation sites (tertiary alicyclic amines) is 1. The number of amides is 1. The molecule has 0 aliphatic carbocycles. The Hall–Kier alpha value is -1.30. The molecule has 6 nitrogen and oxygen atoms in total. The summed E-state index contributed by atoms with van der Waals surface area (Å²) >= 11 is 0. The molecule has 0 bridgehead atoms. The molecule has 1 amide bonds. The van der Waals surface area contributed by atoms with E-state index in [1.54, 1.807) is 0 Å². The molecular weight excluding hydrogens is 326 g/mol. The van der Waals surface area contributed by atoms with Crippen LogP contribution in [0.3, 0.4) is 0 Å². The Kier molecular flexibility index (Phi) is 12.1. The lowest BCUT2D eigenvalue weighted by atomic mass is 9.96. The molecule has 1 rings (SSSR count). The van der Waals surface area contributed by atoms with Gasteiger partial charge in [-0.1, -0.05) is 32.6 Å². The van der Waals surface area contributed by atoms with Crippen molar-refractivity contribution < 1.29 is 4.79 Å². The van der Waals surface area contributed by atoms with E-state index in [2.05, 4.69) is 34.4 Å². The number of carbonyl (C=O) groups excluding carboxylic acids is 1. The van der Waals surface area contributed by atoms with E-state index in [1.165, 1.54) is 32.1 Å². The number of hydrogen-bond donors (Lipinski definition) is 3. The third kappa shape index (κ3) is 10.00. The Morgan fingerprint density at radius 1 is 1.19 bits per heavy atom. The molecule has 0 radical (unpaired) electrons. The Morgan fingerprint density at radius 3 is 2.54 bits per heavy atom. The van der Waals surface area contributed by atoms with Crippen LogP contribution >= 0.6 is 0 Å². The van der Waals surface area contributed by atoms with Gasteiger partial charge in [-0.2, -0.15) is 0 Å². The molecule has 0 aromatic heterocycles. The van der Waals surface area contributed by atoms with Crippen molar-refractivity contribution in [1.29, 1.82) is 0 Å². The first-order valence-electron chi connectivity index (χ1n) is 10.6. The number of primary amides is 1. The molecular formula is C20H41N5O. The molecule has 0 spiro atoms. The minimum atomic E-state index is -0.132. The van der Waals surface area contributed by atoms with Gasteiger partial charge in [0, 0.05) is 25.6 Å². The summed E-state index contributed by atoms with van der Waals surface area (Å²) in [6.07, 6.45) is 10.5. The predicted molar refractivity (Wildman–Crippen MR) is 110 cm³/mol. The van der Waals surface area contributed by atoms with Gasteiger partial charge in [-0.05, 0) is 58.7 Å². The maximum absolute atomic E-state index is 11.2. The number of unbranched alkanes of at least 4 members (excludes halogenated alkanes) is 4. The fourth-order valence-corrected chi connectivity index (χ4v) is 3.49. The van der Waals surface area contributed by atoms with Crippen molar-refractivity contribution >= 4 is 11.9 Å². The van der Waals surface area contributed by atoms with Gasteiger partial charge in [-0.3, -0.25) is 9.79 Å². The van der Waals surface area contributed by atoms with Crippen molar-refractivity contribution in [3.05, 3.63) is 0 Å². The largest absolute Gasteiger partial charge is 0.369 e. The Bertz CT molecular complexity index is 405. The number of piperidine rings is 1. The van der Waals surface area contributed by atoms with Gasteiger partial charge in [0.1, 0.15) is 0 Å². The summed E-state index contributed by atoms with van der Waals surface area (Å²) < 4.78 is 0. The van der Waals surface area contributed by atoms with Crippen LogP contribution in [0, 0.1) is 5.92 Å². The fraction of sp³-hybridized carbons (Fsp3) is 0.900. The molecule has 152 valence electrons. The van der Waals surface area contributed by atoms with Gasteiger partial charge >= 0.3 is 0 Å². The van der Waals surface area contributed by atoms with Crippen LogP contribution in [0.2, 0.25) is 0 Å². The van der Waals surface area contributed by atoms with Gasteiger partial charge in [-0.25, -0.2) is 0 Å². The highest BCUT2D eigenvalue weighted by Crippen LogP contribution is 2.16. The highest BCUT2D eigenvalue weighted by molar-refractivity contribution is 5.79. The van der Waals surface area contributed by atoms with Crippen LogP contribution in [-0.2, 0) is 4.79 Å². The molecule has 1 aliphatic rings. The van der Waals surface area contributed by atoms with Crippen LogP contribution in [-0.4, -0.2) is 56.0 Å². The van der Waals surface area contributed by atoms with E-state index >= 15 is 0 Å². The number of nitrogens with zero attached hydrogens (tertiary/aromatic N) is 2. The van der Waals surface area contributed by atoms with Crippen LogP contribution < -0.4 is 16.4 Å². The molecule has 6 heteroatoms. The smallest absolute Gasteiger partial charge is 0.220 e. The number of aliphatic imine (C=N–C) groups is 1. The van der Waals surface area contributed by atoms with Crippen molar-refractivity contribution in [2.24, 2.45) is 16.6 Å². The van der Waals surface area contributed by atoms with Gasteiger partial charge in [0.2, 0.25) is 5.91 Å². The summed E-state index contributed by atoms with van der Waals surface area (Å²) in [6.45, 7) is 8.53. The normalized spacial score (nSPS) is 17.9. The summed E-state index contributed by atoms with van der Waals surface area (Å²) in [7, 11) is 1.84. The van der Waals surface area contributed by atoms with Gasteiger partial charge < -0.3 is 21.3 Å². The van der Waals surface area contributed by atoms with Crippen molar-refractivity contribution in [2.75, 3.05) is 33.2 Å². The number of rotatable bonds is 12. The second-order valence-corrected chi connectivity index (χ2v) is 7.62. The topological polar surface area (TPSA) is 82.8 Å². The van der Waals surface area contributed by atoms with E-state index in [9.17, 15) is 4.79 Å². The number of nitrogens with one attached hydrogen (secondary N) is 2. The molecule has 1 heterocycles. The third-order valence-corrected chi connectivity index (χ3v) is 5.28. The zero-order valence-electron chi connectivity index (χ0n) is 17.2. The van der Waals surface area contributed by atoms with E-state index in [-0.39, 0.29) is 11.8 Å². The molecule has 0 aromatic rings. The highest BCUT2D eigenvalue weighted by atomic mass is 16.1. The first-order valence-corrected chi connectivity index (χ1v) is 10.6. The summed E-state index contributed by atoms with van der Waals surface area (Å²) in [5.74, 6) is 0.869. The molecule has 1 aliphatic heterocycles. The lowest BCUT2D eigenvalue weighted by molar-refractivity contribution is -0.123. The molecule has 1 fully saturated rings. The first kappa shape index (κ1) is 22.7. The number of nitrogens with two attached hydrogens (primary N) is 1. The lowest BCUT2D eigenvalue weighted by Gasteiger charge is -2.30. The van der Waals surface area contributed by atoms with Gasteiger partial charge in [0.05, 0.1) is 0 Å².